The second kappa shape index (κ2) is 5.51. The highest BCUT2D eigenvalue weighted by molar-refractivity contribution is 5.80. The maximum absolute atomic E-state index is 13.1. The number of halogens is 3. The Morgan fingerprint density at radius 3 is 2.64 bits per heavy atom. The minimum absolute atomic E-state index is 0.162. The maximum Gasteiger partial charge on any atom is 0.433 e. The Labute approximate surface area is 143 Å². The van der Waals surface area contributed by atoms with E-state index in [4.69, 9.17) is 0 Å². The molecule has 0 bridgehead atoms. The lowest BCUT2D eigenvalue weighted by Crippen LogP contribution is -2.09. The summed E-state index contributed by atoms with van der Waals surface area (Å²) in [5.41, 5.74) is 3.57. The Balaban J connectivity index is 1.98. The molecule has 0 atom stereocenters. The van der Waals surface area contributed by atoms with Crippen LogP contribution in [0.3, 0.4) is 0 Å². The van der Waals surface area contributed by atoms with Crippen molar-refractivity contribution >= 4 is 16.7 Å². The fraction of sp³-hybridized carbons (Fsp3) is 0.316. The number of rotatable bonds is 2. The quantitative estimate of drug-likeness (QED) is 0.697. The molecule has 2 aromatic heterocycles. The summed E-state index contributed by atoms with van der Waals surface area (Å²) in [4.78, 5) is 3.94. The molecule has 25 heavy (non-hydrogen) atoms. The van der Waals surface area contributed by atoms with Crippen molar-refractivity contribution in [2.45, 2.75) is 32.4 Å². The molecule has 3 aromatic rings. The van der Waals surface area contributed by atoms with E-state index in [1.807, 2.05) is 42.7 Å². The van der Waals surface area contributed by atoms with Crippen LogP contribution in [0.5, 0.6) is 0 Å². The van der Waals surface area contributed by atoms with Crippen molar-refractivity contribution in [3.8, 4) is 5.69 Å². The van der Waals surface area contributed by atoms with Crippen molar-refractivity contribution in [2.24, 2.45) is 0 Å². The van der Waals surface area contributed by atoms with Crippen LogP contribution in [-0.4, -0.2) is 16.1 Å². The first-order valence-electron chi connectivity index (χ1n) is 8.31. The largest absolute Gasteiger partial charge is 0.433 e. The molecule has 6 heteroatoms. The van der Waals surface area contributed by atoms with Crippen molar-refractivity contribution < 1.29 is 13.2 Å². The first-order chi connectivity index (χ1) is 11.8. The van der Waals surface area contributed by atoms with Crippen LogP contribution >= 0.6 is 0 Å². The molecular weight excluding hydrogens is 327 g/mol. The van der Waals surface area contributed by atoms with Gasteiger partial charge in [0.1, 0.15) is 11.3 Å². The van der Waals surface area contributed by atoms with E-state index >= 15 is 0 Å². The number of alkyl halides is 3. The lowest BCUT2D eigenvalue weighted by molar-refractivity contribution is -0.141. The van der Waals surface area contributed by atoms with Gasteiger partial charge in [0.25, 0.3) is 0 Å². The molecule has 0 spiro atoms. The van der Waals surface area contributed by atoms with E-state index in [2.05, 4.69) is 10.3 Å². The Hall–Kier alpha value is -2.50. The molecular formula is C19H18F3N3. The number of aromatic nitrogens is 2. The summed E-state index contributed by atoms with van der Waals surface area (Å²) in [6, 6.07) is 10.4. The number of anilines is 1. The van der Waals surface area contributed by atoms with Crippen LogP contribution in [0.15, 0.2) is 36.4 Å². The van der Waals surface area contributed by atoms with Crippen molar-refractivity contribution in [3.63, 3.8) is 0 Å². The number of nitrogens with zero attached hydrogens (tertiary/aromatic N) is 2. The molecule has 0 unspecified atom stereocenters. The minimum atomic E-state index is -4.46. The van der Waals surface area contributed by atoms with E-state index in [0.29, 0.717) is 5.65 Å². The van der Waals surface area contributed by atoms with E-state index in [9.17, 15) is 13.2 Å². The van der Waals surface area contributed by atoms with Crippen LogP contribution in [-0.2, 0) is 12.6 Å². The molecule has 1 aliphatic heterocycles. The van der Waals surface area contributed by atoms with E-state index < -0.39 is 11.9 Å². The van der Waals surface area contributed by atoms with Crippen LogP contribution in [0.25, 0.3) is 16.7 Å². The van der Waals surface area contributed by atoms with Crippen molar-refractivity contribution in [3.05, 3.63) is 53.3 Å². The third kappa shape index (κ3) is 2.65. The van der Waals surface area contributed by atoms with Gasteiger partial charge in [-0.15, -0.1) is 0 Å². The molecule has 0 amide bonds. The second-order valence-corrected chi connectivity index (χ2v) is 6.68. The van der Waals surface area contributed by atoms with Gasteiger partial charge in [-0.3, -0.25) is 4.57 Å². The number of hydrogen-bond donors (Lipinski definition) is 1. The summed E-state index contributed by atoms with van der Waals surface area (Å²) >= 11 is 0. The average Bonchev–Trinajstić information content (AvgIpc) is 3.16. The molecule has 0 saturated heterocycles. The predicted molar refractivity (Wildman–Crippen MR) is 92.4 cm³/mol. The van der Waals surface area contributed by atoms with Gasteiger partial charge in [-0.05, 0) is 54.3 Å². The first-order valence-corrected chi connectivity index (χ1v) is 8.31. The number of benzene rings is 1. The summed E-state index contributed by atoms with van der Waals surface area (Å²) in [6.07, 6.45) is -3.54. The predicted octanol–water partition coefficient (Wildman–Crippen LogP) is 5.14. The van der Waals surface area contributed by atoms with E-state index in [1.54, 1.807) is 0 Å². The van der Waals surface area contributed by atoms with Crippen LogP contribution in [0, 0.1) is 0 Å². The van der Waals surface area contributed by atoms with Gasteiger partial charge >= 0.3 is 6.18 Å². The third-order valence-corrected chi connectivity index (χ3v) is 4.62. The number of hydrogen-bond acceptors (Lipinski definition) is 2. The summed E-state index contributed by atoms with van der Waals surface area (Å²) in [5.74, 6) is 0.162. The molecule has 0 fully saturated rings. The van der Waals surface area contributed by atoms with E-state index in [-0.39, 0.29) is 5.92 Å². The van der Waals surface area contributed by atoms with Crippen molar-refractivity contribution in [1.82, 2.24) is 9.55 Å². The van der Waals surface area contributed by atoms with Crippen molar-refractivity contribution in [2.75, 3.05) is 11.9 Å². The second-order valence-electron chi connectivity index (χ2n) is 6.68. The zero-order valence-corrected chi connectivity index (χ0v) is 14.0. The molecule has 0 radical (unpaired) electrons. The minimum Gasteiger partial charge on any atom is -0.384 e. The normalized spacial score (nSPS) is 14.2. The van der Waals surface area contributed by atoms with Gasteiger partial charge in [0.15, 0.2) is 0 Å². The molecule has 4 rings (SSSR count). The molecule has 130 valence electrons. The van der Waals surface area contributed by atoms with Gasteiger partial charge in [0.05, 0.1) is 0 Å². The fourth-order valence-corrected chi connectivity index (χ4v) is 3.38. The Morgan fingerprint density at radius 1 is 1.12 bits per heavy atom. The van der Waals surface area contributed by atoms with Crippen LogP contribution < -0.4 is 5.32 Å². The van der Waals surface area contributed by atoms with Gasteiger partial charge < -0.3 is 5.32 Å². The molecule has 1 N–H and O–H groups in total. The Morgan fingerprint density at radius 2 is 1.92 bits per heavy atom. The van der Waals surface area contributed by atoms with Gasteiger partial charge in [-0.2, -0.15) is 13.2 Å². The lowest BCUT2D eigenvalue weighted by atomic mass is 10.1. The topological polar surface area (TPSA) is 29.9 Å². The van der Waals surface area contributed by atoms with Crippen LogP contribution in [0.1, 0.15) is 36.7 Å². The number of nitrogens with one attached hydrogen (secondary N) is 1. The van der Waals surface area contributed by atoms with Gasteiger partial charge in [0, 0.05) is 29.0 Å². The third-order valence-electron chi connectivity index (χ3n) is 4.62. The summed E-state index contributed by atoms with van der Waals surface area (Å²) in [5, 5.41) is 4.02. The number of pyridine rings is 1. The smallest absolute Gasteiger partial charge is 0.384 e. The Bertz CT molecular complexity index is 954. The van der Waals surface area contributed by atoms with E-state index in [1.165, 1.54) is 11.6 Å². The molecule has 1 aliphatic rings. The van der Waals surface area contributed by atoms with Crippen molar-refractivity contribution in [1.29, 1.82) is 0 Å². The molecule has 0 aliphatic carbocycles. The van der Waals surface area contributed by atoms with E-state index in [0.717, 1.165) is 41.5 Å². The standard InChI is InChI=1S/C19H18F3N3/c1-11(2)16-10-13-3-6-17(19(20,21)22)24-18(13)25(16)14-4-5-15-12(9-14)7-8-23-15/h3-6,9-11,23H,7-8H2,1-2H3. The zero-order chi connectivity index (χ0) is 17.8. The monoisotopic (exact) mass is 345 g/mol. The lowest BCUT2D eigenvalue weighted by Gasteiger charge is -2.14. The number of fused-ring (bicyclic) bond motifs is 2. The highest BCUT2D eigenvalue weighted by Gasteiger charge is 2.33. The average molecular weight is 345 g/mol. The highest BCUT2D eigenvalue weighted by atomic mass is 19.4. The SMILES string of the molecule is CC(C)c1cc2ccc(C(F)(F)F)nc2n1-c1ccc2c(c1)CCN2. The van der Waals surface area contributed by atoms with Crippen LogP contribution in [0.2, 0.25) is 0 Å². The van der Waals surface area contributed by atoms with Gasteiger partial charge in [-0.1, -0.05) is 13.8 Å². The summed E-state index contributed by atoms with van der Waals surface area (Å²) in [6.45, 7) is 4.95. The van der Waals surface area contributed by atoms with Gasteiger partial charge in [-0.25, -0.2) is 4.98 Å². The molecule has 3 nitrogen and oxygen atoms in total. The highest BCUT2D eigenvalue weighted by Crippen LogP contribution is 2.34. The van der Waals surface area contributed by atoms with Gasteiger partial charge in [0.2, 0.25) is 0 Å². The molecule has 1 aromatic carbocycles. The maximum atomic E-state index is 13.1. The fourth-order valence-electron chi connectivity index (χ4n) is 3.38. The Kier molecular flexibility index (Phi) is 3.52. The zero-order valence-electron chi connectivity index (χ0n) is 14.0. The molecule has 3 heterocycles. The summed E-state index contributed by atoms with van der Waals surface area (Å²) < 4.78 is 41.2. The summed E-state index contributed by atoms with van der Waals surface area (Å²) in [7, 11) is 0. The first kappa shape index (κ1) is 16.0. The molecule has 0 saturated carbocycles. The van der Waals surface area contributed by atoms with Crippen LogP contribution in [0.4, 0.5) is 18.9 Å².